The van der Waals surface area contributed by atoms with Gasteiger partial charge in [0, 0.05) is 6.54 Å². The van der Waals surface area contributed by atoms with Crippen LogP contribution in [0.1, 0.15) is 18.9 Å². The maximum absolute atomic E-state index is 12.2. The van der Waals surface area contributed by atoms with Crippen LogP contribution in [0.4, 0.5) is 0 Å². The number of sulfone groups is 1. The number of amides is 1. The van der Waals surface area contributed by atoms with Crippen LogP contribution in [0.3, 0.4) is 0 Å². The summed E-state index contributed by atoms with van der Waals surface area (Å²) in [5.41, 5.74) is 0.414. The molecule has 1 aliphatic heterocycles. The largest absolute Gasteiger partial charge is 0.490 e. The number of ether oxygens (including phenoxy) is 1. The molecule has 6 nitrogen and oxygen atoms in total. The number of carbonyl (C=O) groups is 1. The van der Waals surface area contributed by atoms with E-state index in [1.807, 2.05) is 36.2 Å². The minimum absolute atomic E-state index is 0.0155. The quantitative estimate of drug-likeness (QED) is 0.704. The van der Waals surface area contributed by atoms with Gasteiger partial charge in [-0.05, 0) is 38.1 Å². The molecule has 138 valence electrons. The van der Waals surface area contributed by atoms with E-state index in [9.17, 15) is 13.2 Å². The fraction of sp³-hybridized carbons (Fsp3) is 0.500. The van der Waals surface area contributed by atoms with Gasteiger partial charge in [-0.3, -0.25) is 9.69 Å². The highest BCUT2D eigenvalue weighted by Gasteiger charge is 2.39. The first-order valence-electron chi connectivity index (χ1n) is 8.24. The average Bonchev–Trinajstić information content (AvgIpc) is 2.79. The number of hydrogen-bond acceptors (Lipinski definition) is 5. The second-order valence-electron chi connectivity index (χ2n) is 6.87. The van der Waals surface area contributed by atoms with Crippen molar-refractivity contribution < 1.29 is 17.9 Å². The van der Waals surface area contributed by atoms with Crippen LogP contribution < -0.4 is 10.1 Å². The number of nitrogens with one attached hydrogen (secondary N) is 1. The van der Waals surface area contributed by atoms with Gasteiger partial charge in [0.1, 0.15) is 12.4 Å². The molecule has 0 saturated carbocycles. The minimum atomic E-state index is -3.03. The summed E-state index contributed by atoms with van der Waals surface area (Å²) in [6.07, 6.45) is 2.16. The van der Waals surface area contributed by atoms with Gasteiger partial charge >= 0.3 is 0 Å². The molecule has 1 aromatic rings. The van der Waals surface area contributed by atoms with Crippen LogP contribution in [0.15, 0.2) is 36.9 Å². The van der Waals surface area contributed by atoms with Crippen molar-refractivity contribution in [3.05, 3.63) is 42.5 Å². The second kappa shape index (κ2) is 8.01. The highest BCUT2D eigenvalue weighted by atomic mass is 32.2. The molecule has 1 unspecified atom stereocenters. The third-order valence-electron chi connectivity index (χ3n) is 4.10. The topological polar surface area (TPSA) is 75.7 Å². The smallest absolute Gasteiger partial charge is 0.234 e. The zero-order valence-corrected chi connectivity index (χ0v) is 15.6. The average molecular weight is 366 g/mol. The molecule has 1 fully saturated rings. The van der Waals surface area contributed by atoms with Gasteiger partial charge in [0.25, 0.3) is 0 Å². The lowest BCUT2D eigenvalue weighted by atomic mass is 10.0. The molecule has 1 N–H and O–H groups in total. The van der Waals surface area contributed by atoms with E-state index in [1.165, 1.54) is 0 Å². The summed E-state index contributed by atoms with van der Waals surface area (Å²) in [6.45, 7) is 6.69. The molecule has 0 bridgehead atoms. The Bertz CT molecular complexity index is 715. The second-order valence-corrected chi connectivity index (χ2v) is 9.05. The molecular formula is C18H26N2O4S. The summed E-state index contributed by atoms with van der Waals surface area (Å²) in [6, 6.07) is 7.68. The van der Waals surface area contributed by atoms with Crippen LogP contribution in [0, 0.1) is 0 Å². The summed E-state index contributed by atoms with van der Waals surface area (Å²) >= 11 is 0. The highest BCUT2D eigenvalue weighted by Crippen LogP contribution is 2.22. The molecule has 7 heteroatoms. The van der Waals surface area contributed by atoms with Crippen molar-refractivity contribution in [3.63, 3.8) is 0 Å². The van der Waals surface area contributed by atoms with E-state index in [-0.39, 0.29) is 24.0 Å². The van der Waals surface area contributed by atoms with Crippen molar-refractivity contribution in [3.8, 4) is 5.75 Å². The number of hydrogen-bond donors (Lipinski definition) is 1. The maximum Gasteiger partial charge on any atom is 0.234 e. The monoisotopic (exact) mass is 366 g/mol. The van der Waals surface area contributed by atoms with Crippen molar-refractivity contribution in [2.24, 2.45) is 0 Å². The van der Waals surface area contributed by atoms with Gasteiger partial charge in [-0.1, -0.05) is 24.8 Å². The van der Waals surface area contributed by atoms with Gasteiger partial charge in [-0.15, -0.1) is 0 Å². The van der Waals surface area contributed by atoms with E-state index in [0.717, 1.165) is 11.3 Å². The van der Waals surface area contributed by atoms with Crippen molar-refractivity contribution in [1.29, 1.82) is 0 Å². The van der Waals surface area contributed by atoms with Crippen molar-refractivity contribution >= 4 is 15.7 Å². The van der Waals surface area contributed by atoms with Crippen molar-refractivity contribution in [2.45, 2.75) is 25.4 Å². The fourth-order valence-electron chi connectivity index (χ4n) is 2.94. The summed E-state index contributed by atoms with van der Waals surface area (Å²) in [4.78, 5) is 14.1. The summed E-state index contributed by atoms with van der Waals surface area (Å²) < 4.78 is 28.7. The molecule has 0 spiro atoms. The van der Waals surface area contributed by atoms with Gasteiger partial charge in [0.15, 0.2) is 9.84 Å². The predicted molar refractivity (Wildman–Crippen MR) is 98.3 cm³/mol. The number of rotatable bonds is 8. The number of carbonyl (C=O) groups excluding carboxylic acids is 1. The highest BCUT2D eigenvalue weighted by molar-refractivity contribution is 7.91. The molecule has 25 heavy (non-hydrogen) atoms. The van der Waals surface area contributed by atoms with Crippen molar-refractivity contribution in [1.82, 2.24) is 10.2 Å². The van der Waals surface area contributed by atoms with Crippen LogP contribution in [-0.4, -0.2) is 56.5 Å². The molecule has 1 atom stereocenters. The lowest BCUT2D eigenvalue weighted by Crippen LogP contribution is -2.49. The lowest BCUT2D eigenvalue weighted by molar-refractivity contribution is -0.123. The number of likely N-dealkylation sites (N-methyl/N-ethyl adjacent to an activating group) is 1. The maximum atomic E-state index is 12.2. The van der Waals surface area contributed by atoms with E-state index >= 15 is 0 Å². The molecule has 1 aliphatic rings. The molecule has 0 radical (unpaired) electrons. The first kappa shape index (κ1) is 19.5. The molecule has 1 amide bonds. The normalized spacial score (nSPS) is 21.9. The van der Waals surface area contributed by atoms with Crippen LogP contribution >= 0.6 is 0 Å². The summed E-state index contributed by atoms with van der Waals surface area (Å²) in [5.74, 6) is 0.772. The van der Waals surface area contributed by atoms with E-state index < -0.39 is 15.4 Å². The first-order valence-corrected chi connectivity index (χ1v) is 10.1. The van der Waals surface area contributed by atoms with Crippen LogP contribution in [0.5, 0.6) is 5.75 Å². The molecular weight excluding hydrogens is 340 g/mol. The number of nitrogens with zero attached hydrogens (tertiary/aromatic N) is 1. The zero-order chi connectivity index (χ0) is 18.5. The SMILES string of the molecule is C=CCOc1ccc(CN(C)CC(=O)NC2(C)CCS(=O)(=O)C2)cc1. The van der Waals surface area contributed by atoms with Gasteiger partial charge in [-0.25, -0.2) is 8.42 Å². The Labute approximate surface area is 149 Å². The minimum Gasteiger partial charge on any atom is -0.490 e. The summed E-state index contributed by atoms with van der Waals surface area (Å²) in [7, 11) is -1.18. The Morgan fingerprint density at radius 1 is 1.40 bits per heavy atom. The predicted octanol–water partition coefficient (Wildman–Crippen LogP) is 1.38. The molecule has 0 aromatic heterocycles. The van der Waals surface area contributed by atoms with Gasteiger partial charge in [0.2, 0.25) is 5.91 Å². The van der Waals surface area contributed by atoms with Crippen LogP contribution in [-0.2, 0) is 21.2 Å². The number of benzene rings is 1. The fourth-order valence-corrected chi connectivity index (χ4v) is 5.04. The van der Waals surface area contributed by atoms with Crippen molar-refractivity contribution in [2.75, 3.05) is 31.7 Å². The van der Waals surface area contributed by atoms with Crippen LogP contribution in [0.2, 0.25) is 0 Å². The van der Waals surface area contributed by atoms with E-state index in [4.69, 9.17) is 4.74 Å². The van der Waals surface area contributed by atoms with Crippen LogP contribution in [0.25, 0.3) is 0 Å². The Balaban J connectivity index is 1.82. The van der Waals surface area contributed by atoms with Gasteiger partial charge in [0.05, 0.1) is 23.6 Å². The van der Waals surface area contributed by atoms with Gasteiger partial charge in [-0.2, -0.15) is 0 Å². The molecule has 2 rings (SSSR count). The molecule has 1 aromatic carbocycles. The first-order chi connectivity index (χ1) is 11.7. The Hall–Kier alpha value is -1.86. The molecule has 1 saturated heterocycles. The third-order valence-corrected chi connectivity index (χ3v) is 6.00. The Kier molecular flexibility index (Phi) is 6.24. The molecule has 1 heterocycles. The standard InChI is InChI=1S/C18H26N2O4S/c1-4-10-24-16-7-5-15(6-8-16)12-20(3)13-17(21)19-18(2)9-11-25(22,23)14-18/h4-8H,1,9-14H2,2-3H3,(H,19,21). The van der Waals surface area contributed by atoms with E-state index in [1.54, 1.807) is 13.0 Å². The summed E-state index contributed by atoms with van der Waals surface area (Å²) in [5, 5.41) is 2.87. The Morgan fingerprint density at radius 2 is 2.08 bits per heavy atom. The molecule has 0 aliphatic carbocycles. The van der Waals surface area contributed by atoms with E-state index in [0.29, 0.717) is 19.6 Å². The zero-order valence-electron chi connectivity index (χ0n) is 14.8. The third kappa shape index (κ3) is 6.17. The van der Waals surface area contributed by atoms with Gasteiger partial charge < -0.3 is 10.1 Å². The van der Waals surface area contributed by atoms with E-state index in [2.05, 4.69) is 11.9 Å². The Morgan fingerprint density at radius 3 is 2.64 bits per heavy atom. The lowest BCUT2D eigenvalue weighted by Gasteiger charge is -2.25.